The lowest BCUT2D eigenvalue weighted by Crippen LogP contribution is -2.44. The van der Waals surface area contributed by atoms with E-state index >= 15 is 0 Å². The van der Waals surface area contributed by atoms with Crippen LogP contribution in [0.2, 0.25) is 0 Å². The summed E-state index contributed by atoms with van der Waals surface area (Å²) in [6, 6.07) is 6.94. The standard InChI is InChI=1S/C21H29FN4O2/c1-24(2)10-11-26(21(27)20-12-23-16-28-20)14-17-6-5-9-25(13-17)15-18-7-3-4-8-19(18)22/h3-4,7-8,12,16-17H,5-6,9-11,13-15H2,1-2H3/t17-/m1/s1. The SMILES string of the molecule is CN(C)CCN(C[C@@H]1CCCN(Cc2ccccc2F)C1)C(=O)c1cnco1. The lowest BCUT2D eigenvalue weighted by atomic mass is 9.96. The Labute approximate surface area is 165 Å². The highest BCUT2D eigenvalue weighted by molar-refractivity contribution is 5.91. The normalized spacial score (nSPS) is 17.8. The predicted octanol–water partition coefficient (Wildman–Crippen LogP) is 2.73. The maximum absolute atomic E-state index is 14.0. The van der Waals surface area contributed by atoms with Gasteiger partial charge in [0.1, 0.15) is 5.82 Å². The molecule has 1 aliphatic heterocycles. The molecule has 2 aromatic rings. The minimum absolute atomic E-state index is 0.120. The van der Waals surface area contributed by atoms with Gasteiger partial charge in [0.25, 0.3) is 5.91 Å². The summed E-state index contributed by atoms with van der Waals surface area (Å²) in [5.74, 6) is 0.357. The Morgan fingerprint density at radius 3 is 2.86 bits per heavy atom. The molecule has 2 heterocycles. The molecule has 1 amide bonds. The van der Waals surface area contributed by atoms with Crippen LogP contribution >= 0.6 is 0 Å². The first kappa shape index (κ1) is 20.5. The molecule has 1 aliphatic rings. The molecule has 28 heavy (non-hydrogen) atoms. The average Bonchev–Trinajstić information content (AvgIpc) is 3.21. The van der Waals surface area contributed by atoms with Crippen LogP contribution in [0.5, 0.6) is 0 Å². The smallest absolute Gasteiger partial charge is 0.291 e. The molecule has 3 rings (SSSR count). The number of hydrogen-bond donors (Lipinski definition) is 0. The zero-order valence-electron chi connectivity index (χ0n) is 16.7. The van der Waals surface area contributed by atoms with Crippen LogP contribution in [-0.2, 0) is 6.54 Å². The van der Waals surface area contributed by atoms with E-state index in [2.05, 4.69) is 14.8 Å². The van der Waals surface area contributed by atoms with Gasteiger partial charge < -0.3 is 14.2 Å². The number of carbonyl (C=O) groups is 1. The number of halogens is 1. The summed E-state index contributed by atoms with van der Waals surface area (Å²) in [7, 11) is 3.99. The van der Waals surface area contributed by atoms with Crippen molar-refractivity contribution in [1.82, 2.24) is 19.7 Å². The van der Waals surface area contributed by atoms with Crippen LogP contribution < -0.4 is 0 Å². The number of likely N-dealkylation sites (N-methyl/N-ethyl adjacent to an activating group) is 1. The van der Waals surface area contributed by atoms with Gasteiger partial charge in [0.15, 0.2) is 6.39 Å². The fourth-order valence-electron chi connectivity index (χ4n) is 3.70. The van der Waals surface area contributed by atoms with Crippen LogP contribution in [0.4, 0.5) is 4.39 Å². The van der Waals surface area contributed by atoms with Gasteiger partial charge in [-0.05, 0) is 45.5 Å². The van der Waals surface area contributed by atoms with Gasteiger partial charge in [-0.2, -0.15) is 0 Å². The molecule has 1 atom stereocenters. The highest BCUT2D eigenvalue weighted by Crippen LogP contribution is 2.21. The second-order valence-electron chi connectivity index (χ2n) is 7.75. The third-order valence-electron chi connectivity index (χ3n) is 5.18. The Kier molecular flexibility index (Phi) is 7.17. The third kappa shape index (κ3) is 5.62. The van der Waals surface area contributed by atoms with E-state index in [0.717, 1.165) is 38.0 Å². The van der Waals surface area contributed by atoms with Crippen molar-refractivity contribution in [2.45, 2.75) is 19.4 Å². The van der Waals surface area contributed by atoms with Gasteiger partial charge in [-0.3, -0.25) is 9.69 Å². The van der Waals surface area contributed by atoms with Gasteiger partial charge in [0, 0.05) is 38.3 Å². The van der Waals surface area contributed by atoms with Crippen molar-refractivity contribution in [3.05, 3.63) is 54.0 Å². The molecule has 1 aromatic heterocycles. The maximum Gasteiger partial charge on any atom is 0.291 e. The van der Waals surface area contributed by atoms with E-state index in [1.807, 2.05) is 31.1 Å². The summed E-state index contributed by atoms with van der Waals surface area (Å²) in [4.78, 5) is 22.9. The third-order valence-corrected chi connectivity index (χ3v) is 5.18. The molecule has 1 aromatic carbocycles. The van der Waals surface area contributed by atoms with Gasteiger partial charge in [0.2, 0.25) is 5.76 Å². The summed E-state index contributed by atoms with van der Waals surface area (Å²) in [6.07, 6.45) is 4.87. The van der Waals surface area contributed by atoms with Crippen molar-refractivity contribution in [3.63, 3.8) is 0 Å². The fraction of sp³-hybridized carbons (Fsp3) is 0.524. The molecule has 1 fully saturated rings. The van der Waals surface area contributed by atoms with Crippen LogP contribution in [0.3, 0.4) is 0 Å². The van der Waals surface area contributed by atoms with E-state index in [1.54, 1.807) is 6.07 Å². The molecule has 1 saturated heterocycles. The second kappa shape index (κ2) is 9.80. The Morgan fingerprint density at radius 1 is 1.32 bits per heavy atom. The molecule has 0 bridgehead atoms. The quantitative estimate of drug-likeness (QED) is 0.696. The second-order valence-corrected chi connectivity index (χ2v) is 7.75. The lowest BCUT2D eigenvalue weighted by molar-refractivity contribution is 0.0630. The van der Waals surface area contributed by atoms with Crippen molar-refractivity contribution >= 4 is 5.91 Å². The number of benzene rings is 1. The summed E-state index contributed by atoms with van der Waals surface area (Å²) in [5, 5.41) is 0. The number of nitrogens with zero attached hydrogens (tertiary/aromatic N) is 4. The maximum atomic E-state index is 14.0. The molecule has 152 valence electrons. The number of likely N-dealkylation sites (tertiary alicyclic amines) is 1. The van der Waals surface area contributed by atoms with Crippen LogP contribution in [0, 0.1) is 11.7 Å². The zero-order chi connectivity index (χ0) is 19.9. The fourth-order valence-corrected chi connectivity index (χ4v) is 3.70. The van der Waals surface area contributed by atoms with Crippen molar-refractivity contribution in [3.8, 4) is 0 Å². The first-order valence-corrected chi connectivity index (χ1v) is 9.81. The highest BCUT2D eigenvalue weighted by atomic mass is 19.1. The summed E-state index contributed by atoms with van der Waals surface area (Å²) >= 11 is 0. The molecule has 0 N–H and O–H groups in total. The molecule has 6 nitrogen and oxygen atoms in total. The van der Waals surface area contributed by atoms with E-state index < -0.39 is 0 Å². The summed E-state index contributed by atoms with van der Waals surface area (Å²) < 4.78 is 19.2. The molecular weight excluding hydrogens is 359 g/mol. The monoisotopic (exact) mass is 388 g/mol. The summed E-state index contributed by atoms with van der Waals surface area (Å²) in [6.45, 7) is 4.51. The number of carbonyl (C=O) groups excluding carboxylic acids is 1. The Hall–Kier alpha value is -2.25. The average molecular weight is 388 g/mol. The van der Waals surface area contributed by atoms with Crippen LogP contribution in [-0.4, -0.2) is 72.4 Å². The van der Waals surface area contributed by atoms with E-state index in [-0.39, 0.29) is 17.5 Å². The molecule has 0 radical (unpaired) electrons. The molecular formula is C21H29FN4O2. The van der Waals surface area contributed by atoms with Crippen molar-refractivity contribution < 1.29 is 13.6 Å². The topological polar surface area (TPSA) is 52.8 Å². The van der Waals surface area contributed by atoms with Crippen LogP contribution in [0.15, 0.2) is 41.3 Å². The van der Waals surface area contributed by atoms with Crippen LogP contribution in [0.25, 0.3) is 0 Å². The highest BCUT2D eigenvalue weighted by Gasteiger charge is 2.26. The Morgan fingerprint density at radius 2 is 2.14 bits per heavy atom. The number of piperidine rings is 1. The largest absolute Gasteiger partial charge is 0.438 e. The van der Waals surface area contributed by atoms with Gasteiger partial charge in [-0.15, -0.1) is 0 Å². The minimum Gasteiger partial charge on any atom is -0.438 e. The number of amides is 1. The lowest BCUT2D eigenvalue weighted by Gasteiger charge is -2.36. The van der Waals surface area contributed by atoms with Crippen molar-refractivity contribution in [2.75, 3.05) is 46.8 Å². The van der Waals surface area contributed by atoms with Crippen LogP contribution in [0.1, 0.15) is 29.0 Å². The van der Waals surface area contributed by atoms with E-state index in [1.165, 1.54) is 18.7 Å². The van der Waals surface area contributed by atoms with Gasteiger partial charge >= 0.3 is 0 Å². The number of rotatable bonds is 8. The van der Waals surface area contributed by atoms with Gasteiger partial charge in [-0.25, -0.2) is 9.37 Å². The van der Waals surface area contributed by atoms with Gasteiger partial charge in [0.05, 0.1) is 6.20 Å². The molecule has 0 aliphatic carbocycles. The molecule has 0 unspecified atom stereocenters. The Bertz CT molecular complexity index is 751. The van der Waals surface area contributed by atoms with E-state index in [9.17, 15) is 9.18 Å². The molecule has 0 spiro atoms. The Balaban J connectivity index is 1.62. The zero-order valence-corrected chi connectivity index (χ0v) is 16.7. The molecule has 0 saturated carbocycles. The number of aromatic nitrogens is 1. The first-order valence-electron chi connectivity index (χ1n) is 9.81. The van der Waals surface area contributed by atoms with Crippen molar-refractivity contribution in [1.29, 1.82) is 0 Å². The summed E-state index contributed by atoms with van der Waals surface area (Å²) in [5.41, 5.74) is 0.727. The predicted molar refractivity (Wildman–Crippen MR) is 105 cm³/mol. The number of oxazole rings is 1. The van der Waals surface area contributed by atoms with E-state index in [4.69, 9.17) is 4.42 Å². The first-order chi connectivity index (χ1) is 13.5. The van der Waals surface area contributed by atoms with Crippen molar-refractivity contribution in [2.24, 2.45) is 5.92 Å². The number of hydrogen-bond acceptors (Lipinski definition) is 5. The van der Waals surface area contributed by atoms with E-state index in [0.29, 0.717) is 25.6 Å². The molecule has 7 heteroatoms. The minimum atomic E-state index is -0.155. The van der Waals surface area contributed by atoms with Gasteiger partial charge in [-0.1, -0.05) is 18.2 Å².